The Bertz CT molecular complexity index is 1020. The van der Waals surface area contributed by atoms with Gasteiger partial charge in [-0.2, -0.15) is 5.26 Å². The quantitative estimate of drug-likeness (QED) is 0.549. The zero-order valence-corrected chi connectivity index (χ0v) is 16.8. The summed E-state index contributed by atoms with van der Waals surface area (Å²) in [6.07, 6.45) is 2.66. The molecule has 0 spiro atoms. The number of rotatable bonds is 7. The van der Waals surface area contributed by atoms with Crippen LogP contribution in [0.3, 0.4) is 0 Å². The standard InChI is InChI=1S/C22H21N3O2S/c1-4-15-5-7-16(8-6-15)19-14-28-22(25-19)17(12-23)13-24-18-9-10-20(26-2)21(11-18)27-3/h5-11,13-14,24H,4H2,1-3H3. The van der Waals surface area contributed by atoms with E-state index in [-0.39, 0.29) is 0 Å². The maximum absolute atomic E-state index is 9.55. The molecule has 3 rings (SSSR count). The Kier molecular flexibility index (Phi) is 6.30. The van der Waals surface area contributed by atoms with Crippen LogP contribution in [0.2, 0.25) is 0 Å². The summed E-state index contributed by atoms with van der Waals surface area (Å²) in [6, 6.07) is 16.0. The van der Waals surface area contributed by atoms with E-state index in [0.29, 0.717) is 22.1 Å². The number of aryl methyl sites for hydroxylation is 1. The van der Waals surface area contributed by atoms with Crippen LogP contribution in [0, 0.1) is 11.3 Å². The minimum absolute atomic E-state index is 0.469. The molecule has 0 radical (unpaired) electrons. The molecule has 0 aliphatic carbocycles. The van der Waals surface area contributed by atoms with Gasteiger partial charge in [-0.15, -0.1) is 11.3 Å². The summed E-state index contributed by atoms with van der Waals surface area (Å²) in [5.41, 5.74) is 4.46. The lowest BCUT2D eigenvalue weighted by molar-refractivity contribution is 0.355. The normalized spacial score (nSPS) is 11.0. The van der Waals surface area contributed by atoms with Crippen LogP contribution in [-0.4, -0.2) is 19.2 Å². The van der Waals surface area contributed by atoms with Crippen LogP contribution in [0.1, 0.15) is 17.5 Å². The van der Waals surface area contributed by atoms with Crippen LogP contribution in [0.25, 0.3) is 16.8 Å². The molecule has 0 bridgehead atoms. The molecule has 6 heteroatoms. The first kappa shape index (κ1) is 19.5. The van der Waals surface area contributed by atoms with E-state index < -0.39 is 0 Å². The zero-order chi connectivity index (χ0) is 19.9. The van der Waals surface area contributed by atoms with Crippen molar-refractivity contribution in [3.8, 4) is 28.8 Å². The summed E-state index contributed by atoms with van der Waals surface area (Å²) in [4.78, 5) is 4.62. The van der Waals surface area contributed by atoms with Gasteiger partial charge in [0.15, 0.2) is 11.5 Å². The molecule has 0 aliphatic heterocycles. The number of nitrogens with one attached hydrogen (secondary N) is 1. The smallest absolute Gasteiger partial charge is 0.162 e. The molecule has 142 valence electrons. The highest BCUT2D eigenvalue weighted by Gasteiger charge is 2.10. The van der Waals surface area contributed by atoms with E-state index in [1.165, 1.54) is 16.9 Å². The predicted octanol–water partition coefficient (Wildman–Crippen LogP) is 5.37. The first-order valence-electron chi connectivity index (χ1n) is 8.82. The number of hydrogen-bond donors (Lipinski definition) is 1. The summed E-state index contributed by atoms with van der Waals surface area (Å²) in [7, 11) is 3.18. The second kappa shape index (κ2) is 9.07. The van der Waals surface area contributed by atoms with Gasteiger partial charge >= 0.3 is 0 Å². The zero-order valence-electron chi connectivity index (χ0n) is 16.0. The first-order chi connectivity index (χ1) is 13.7. The number of aromatic nitrogens is 1. The minimum Gasteiger partial charge on any atom is -0.493 e. The number of hydrogen-bond acceptors (Lipinski definition) is 6. The third-order valence-corrected chi connectivity index (χ3v) is 5.16. The van der Waals surface area contributed by atoms with E-state index in [4.69, 9.17) is 9.47 Å². The molecular formula is C22H21N3O2S. The van der Waals surface area contributed by atoms with Crippen molar-refractivity contribution in [3.05, 3.63) is 64.6 Å². The van der Waals surface area contributed by atoms with Crippen LogP contribution in [0.15, 0.2) is 54.0 Å². The third-order valence-electron chi connectivity index (χ3n) is 4.28. The molecule has 0 saturated heterocycles. The Morgan fingerprint density at radius 1 is 1.14 bits per heavy atom. The number of allylic oxidation sites excluding steroid dienone is 1. The van der Waals surface area contributed by atoms with E-state index >= 15 is 0 Å². The van der Waals surface area contributed by atoms with Crippen molar-refractivity contribution in [3.63, 3.8) is 0 Å². The van der Waals surface area contributed by atoms with Gasteiger partial charge in [-0.05, 0) is 24.1 Å². The van der Waals surface area contributed by atoms with E-state index in [2.05, 4.69) is 47.6 Å². The molecule has 0 unspecified atom stereocenters. The SMILES string of the molecule is CCc1ccc(-c2csc(C(C#N)=CNc3ccc(OC)c(OC)c3)n2)cc1. The van der Waals surface area contributed by atoms with Crippen molar-refractivity contribution in [2.24, 2.45) is 0 Å². The van der Waals surface area contributed by atoms with Crippen LogP contribution in [0.4, 0.5) is 5.69 Å². The van der Waals surface area contributed by atoms with Crippen LogP contribution in [0.5, 0.6) is 11.5 Å². The average molecular weight is 391 g/mol. The van der Waals surface area contributed by atoms with Crippen molar-refractivity contribution >= 4 is 22.6 Å². The maximum Gasteiger partial charge on any atom is 0.162 e. The lowest BCUT2D eigenvalue weighted by atomic mass is 10.1. The number of methoxy groups -OCH3 is 2. The number of nitrogens with zero attached hydrogens (tertiary/aromatic N) is 2. The van der Waals surface area contributed by atoms with E-state index in [0.717, 1.165) is 23.4 Å². The van der Waals surface area contributed by atoms with E-state index in [9.17, 15) is 5.26 Å². The van der Waals surface area contributed by atoms with Gasteiger partial charge < -0.3 is 14.8 Å². The number of nitriles is 1. The van der Waals surface area contributed by atoms with Gasteiger partial charge in [0.05, 0.1) is 19.9 Å². The Morgan fingerprint density at radius 2 is 1.89 bits per heavy atom. The molecule has 5 nitrogen and oxygen atoms in total. The molecule has 0 aliphatic rings. The molecule has 2 aromatic carbocycles. The highest BCUT2D eigenvalue weighted by molar-refractivity contribution is 7.11. The molecule has 28 heavy (non-hydrogen) atoms. The molecule has 0 fully saturated rings. The molecule has 0 saturated carbocycles. The average Bonchev–Trinajstić information content (AvgIpc) is 3.24. The molecular weight excluding hydrogens is 370 g/mol. The summed E-state index contributed by atoms with van der Waals surface area (Å²) in [5, 5.41) is 15.3. The monoisotopic (exact) mass is 391 g/mol. The van der Waals surface area contributed by atoms with E-state index in [1.54, 1.807) is 20.4 Å². The number of ether oxygens (including phenoxy) is 2. The van der Waals surface area contributed by atoms with Gasteiger partial charge in [0.25, 0.3) is 0 Å². The van der Waals surface area contributed by atoms with Gasteiger partial charge in [-0.25, -0.2) is 4.98 Å². The second-order valence-electron chi connectivity index (χ2n) is 5.97. The minimum atomic E-state index is 0.469. The highest BCUT2D eigenvalue weighted by Crippen LogP contribution is 2.30. The van der Waals surface area contributed by atoms with E-state index in [1.807, 2.05) is 23.6 Å². The van der Waals surface area contributed by atoms with Gasteiger partial charge in [-0.1, -0.05) is 31.2 Å². The second-order valence-corrected chi connectivity index (χ2v) is 6.83. The number of thiazole rings is 1. The first-order valence-corrected chi connectivity index (χ1v) is 9.70. The van der Waals surface area contributed by atoms with Crippen molar-refractivity contribution in [2.45, 2.75) is 13.3 Å². The van der Waals surface area contributed by atoms with Crippen molar-refractivity contribution in [1.82, 2.24) is 4.98 Å². The summed E-state index contributed by atoms with van der Waals surface area (Å²) in [6.45, 7) is 2.13. The fourth-order valence-corrected chi connectivity index (χ4v) is 3.46. The Labute approximate surface area is 168 Å². The topological polar surface area (TPSA) is 67.2 Å². The van der Waals surface area contributed by atoms with Gasteiger partial charge in [0.1, 0.15) is 16.6 Å². The lowest BCUT2D eigenvalue weighted by Crippen LogP contribution is -1.94. The van der Waals surface area contributed by atoms with Gasteiger partial charge in [0.2, 0.25) is 0 Å². The lowest BCUT2D eigenvalue weighted by Gasteiger charge is -2.09. The number of benzene rings is 2. The van der Waals surface area contributed by atoms with Crippen LogP contribution < -0.4 is 14.8 Å². The Balaban J connectivity index is 1.80. The fourth-order valence-electron chi connectivity index (χ4n) is 2.66. The maximum atomic E-state index is 9.55. The fraction of sp³-hybridized carbons (Fsp3) is 0.182. The molecule has 0 atom stereocenters. The Hall–Kier alpha value is -3.30. The number of anilines is 1. The van der Waals surface area contributed by atoms with Crippen molar-refractivity contribution < 1.29 is 9.47 Å². The molecule has 3 aromatic rings. The third kappa shape index (κ3) is 4.33. The summed E-state index contributed by atoms with van der Waals surface area (Å²) >= 11 is 1.45. The van der Waals surface area contributed by atoms with Crippen molar-refractivity contribution in [2.75, 3.05) is 19.5 Å². The molecule has 1 N–H and O–H groups in total. The van der Waals surface area contributed by atoms with Crippen LogP contribution in [-0.2, 0) is 6.42 Å². The van der Waals surface area contributed by atoms with Gasteiger partial charge in [0, 0.05) is 28.9 Å². The predicted molar refractivity (Wildman–Crippen MR) is 114 cm³/mol. The largest absolute Gasteiger partial charge is 0.493 e. The van der Waals surface area contributed by atoms with Gasteiger partial charge in [-0.3, -0.25) is 0 Å². The molecule has 1 heterocycles. The Morgan fingerprint density at radius 3 is 2.54 bits per heavy atom. The van der Waals surface area contributed by atoms with Crippen molar-refractivity contribution in [1.29, 1.82) is 5.26 Å². The van der Waals surface area contributed by atoms with Crippen LogP contribution >= 0.6 is 11.3 Å². The molecule has 1 aromatic heterocycles. The highest BCUT2D eigenvalue weighted by atomic mass is 32.1. The summed E-state index contributed by atoms with van der Waals surface area (Å²) < 4.78 is 10.5. The molecule has 0 amide bonds. The summed E-state index contributed by atoms with van der Waals surface area (Å²) in [5.74, 6) is 1.27.